The lowest BCUT2D eigenvalue weighted by atomic mass is 10.2. The second-order valence-electron chi connectivity index (χ2n) is 3.34. The van der Waals surface area contributed by atoms with Crippen LogP contribution >= 0.6 is 11.3 Å². The minimum Gasteiger partial charge on any atom is -0.485 e. The lowest BCUT2D eigenvalue weighted by Crippen LogP contribution is -1.96. The summed E-state index contributed by atoms with van der Waals surface area (Å²) >= 11 is 1.34. The van der Waals surface area contributed by atoms with Crippen molar-refractivity contribution in [3.05, 3.63) is 40.7 Å². The van der Waals surface area contributed by atoms with Crippen molar-refractivity contribution in [1.82, 2.24) is 4.98 Å². The monoisotopic (exact) mass is 238 g/mol. The van der Waals surface area contributed by atoms with Gasteiger partial charge in [-0.25, -0.2) is 9.37 Å². The summed E-state index contributed by atoms with van der Waals surface area (Å²) < 4.78 is 18.9. The Bertz CT molecular complexity index is 498. The maximum absolute atomic E-state index is 13.5. The van der Waals surface area contributed by atoms with Gasteiger partial charge in [-0.05, 0) is 18.6 Å². The van der Waals surface area contributed by atoms with E-state index in [9.17, 15) is 4.39 Å². The summed E-state index contributed by atoms with van der Waals surface area (Å²) in [5.74, 6) is -0.0630. The van der Waals surface area contributed by atoms with Gasteiger partial charge in [0, 0.05) is 6.20 Å². The molecule has 2 aromatic rings. The number of nitrogen functional groups attached to an aromatic ring is 1. The Morgan fingerprint density at radius 1 is 1.50 bits per heavy atom. The molecular weight excluding hydrogens is 227 g/mol. The van der Waals surface area contributed by atoms with E-state index >= 15 is 0 Å². The molecule has 5 heteroatoms. The highest BCUT2D eigenvalue weighted by molar-refractivity contribution is 7.15. The molecule has 2 N–H and O–H groups in total. The quantitative estimate of drug-likeness (QED) is 0.894. The molecule has 1 heterocycles. The van der Waals surface area contributed by atoms with E-state index in [0.717, 1.165) is 4.88 Å². The van der Waals surface area contributed by atoms with Gasteiger partial charge in [0.05, 0.1) is 4.88 Å². The summed E-state index contributed by atoms with van der Waals surface area (Å²) in [7, 11) is 0. The Kier molecular flexibility index (Phi) is 3.05. The van der Waals surface area contributed by atoms with Crippen LogP contribution in [0, 0.1) is 12.7 Å². The number of anilines is 1. The Balaban J connectivity index is 2.07. The van der Waals surface area contributed by atoms with Gasteiger partial charge in [0.1, 0.15) is 6.61 Å². The Labute approximate surface area is 96.7 Å². The SMILES string of the molecule is Cc1cccc(OCc2cnc(N)s2)c1F. The van der Waals surface area contributed by atoms with E-state index in [4.69, 9.17) is 10.5 Å². The predicted octanol–water partition coefficient (Wildman–Crippen LogP) is 2.75. The van der Waals surface area contributed by atoms with Crippen molar-refractivity contribution in [2.75, 3.05) is 5.73 Å². The summed E-state index contributed by atoms with van der Waals surface area (Å²) in [5.41, 5.74) is 6.05. The van der Waals surface area contributed by atoms with Gasteiger partial charge in [0.15, 0.2) is 16.7 Å². The number of hydrogen-bond acceptors (Lipinski definition) is 4. The second kappa shape index (κ2) is 4.49. The predicted molar refractivity (Wildman–Crippen MR) is 62.0 cm³/mol. The first kappa shape index (κ1) is 10.9. The Morgan fingerprint density at radius 3 is 3.00 bits per heavy atom. The molecule has 0 saturated heterocycles. The Hall–Kier alpha value is -1.62. The lowest BCUT2D eigenvalue weighted by Gasteiger charge is -2.06. The molecule has 0 aliphatic rings. The van der Waals surface area contributed by atoms with Gasteiger partial charge in [-0.2, -0.15) is 0 Å². The highest BCUT2D eigenvalue weighted by Gasteiger charge is 2.06. The van der Waals surface area contributed by atoms with Crippen molar-refractivity contribution in [2.45, 2.75) is 13.5 Å². The molecule has 0 radical (unpaired) electrons. The van der Waals surface area contributed by atoms with Crippen molar-refractivity contribution in [1.29, 1.82) is 0 Å². The summed E-state index contributed by atoms with van der Waals surface area (Å²) in [6.45, 7) is 1.99. The molecule has 16 heavy (non-hydrogen) atoms. The van der Waals surface area contributed by atoms with E-state index in [1.807, 2.05) is 0 Å². The van der Waals surface area contributed by atoms with Gasteiger partial charge in [-0.3, -0.25) is 0 Å². The van der Waals surface area contributed by atoms with Gasteiger partial charge in [0.2, 0.25) is 0 Å². The first-order valence-corrected chi connectivity index (χ1v) is 5.56. The zero-order valence-corrected chi connectivity index (χ0v) is 9.55. The van der Waals surface area contributed by atoms with Crippen LogP contribution in [0.5, 0.6) is 5.75 Å². The van der Waals surface area contributed by atoms with Crippen molar-refractivity contribution >= 4 is 16.5 Å². The minimum absolute atomic E-state index is 0.256. The van der Waals surface area contributed by atoms with Crippen LogP contribution in [0.15, 0.2) is 24.4 Å². The molecule has 0 aliphatic heterocycles. The highest BCUT2D eigenvalue weighted by atomic mass is 32.1. The first-order valence-electron chi connectivity index (χ1n) is 4.75. The zero-order chi connectivity index (χ0) is 11.5. The van der Waals surface area contributed by atoms with Gasteiger partial charge in [0.25, 0.3) is 0 Å². The normalized spacial score (nSPS) is 10.4. The van der Waals surface area contributed by atoms with E-state index in [0.29, 0.717) is 10.7 Å². The third kappa shape index (κ3) is 2.30. The van der Waals surface area contributed by atoms with Gasteiger partial charge in [-0.1, -0.05) is 23.5 Å². The molecule has 1 aromatic heterocycles. The third-order valence-electron chi connectivity index (χ3n) is 2.10. The average molecular weight is 238 g/mol. The number of benzene rings is 1. The van der Waals surface area contributed by atoms with Crippen molar-refractivity contribution in [3.8, 4) is 5.75 Å². The largest absolute Gasteiger partial charge is 0.485 e. The maximum atomic E-state index is 13.5. The number of hydrogen-bond donors (Lipinski definition) is 1. The molecule has 2 rings (SSSR count). The van der Waals surface area contributed by atoms with Crippen molar-refractivity contribution in [2.24, 2.45) is 0 Å². The standard InChI is InChI=1S/C11H11FN2OS/c1-7-3-2-4-9(10(7)12)15-6-8-5-14-11(13)16-8/h2-5H,6H2,1H3,(H2,13,14). The van der Waals surface area contributed by atoms with Crippen molar-refractivity contribution in [3.63, 3.8) is 0 Å². The fourth-order valence-corrected chi connectivity index (χ4v) is 1.87. The van der Waals surface area contributed by atoms with Gasteiger partial charge < -0.3 is 10.5 Å². The van der Waals surface area contributed by atoms with Crippen LogP contribution in [0.1, 0.15) is 10.4 Å². The van der Waals surface area contributed by atoms with E-state index in [1.54, 1.807) is 31.3 Å². The molecule has 0 bridgehead atoms. The minimum atomic E-state index is -0.319. The van der Waals surface area contributed by atoms with E-state index in [-0.39, 0.29) is 18.2 Å². The summed E-state index contributed by atoms with van der Waals surface area (Å²) in [4.78, 5) is 4.76. The average Bonchev–Trinajstić information content (AvgIpc) is 2.67. The van der Waals surface area contributed by atoms with Crippen LogP contribution in [0.3, 0.4) is 0 Å². The third-order valence-corrected chi connectivity index (χ3v) is 2.90. The van der Waals surface area contributed by atoms with Crippen molar-refractivity contribution < 1.29 is 9.13 Å². The van der Waals surface area contributed by atoms with Crippen LogP contribution < -0.4 is 10.5 Å². The molecule has 0 fully saturated rings. The van der Waals surface area contributed by atoms with Crippen LogP contribution in [0.4, 0.5) is 9.52 Å². The van der Waals surface area contributed by atoms with Crippen LogP contribution in [-0.4, -0.2) is 4.98 Å². The number of aryl methyl sites for hydroxylation is 1. The zero-order valence-electron chi connectivity index (χ0n) is 8.74. The number of thiazole rings is 1. The number of ether oxygens (including phenoxy) is 1. The number of nitrogens with zero attached hydrogens (tertiary/aromatic N) is 1. The van der Waals surface area contributed by atoms with Crippen LogP contribution in [0.2, 0.25) is 0 Å². The number of nitrogens with two attached hydrogens (primary N) is 1. The molecule has 0 saturated carbocycles. The summed E-state index contributed by atoms with van der Waals surface area (Å²) in [6, 6.07) is 5.06. The fourth-order valence-electron chi connectivity index (χ4n) is 1.27. The lowest BCUT2D eigenvalue weighted by molar-refractivity contribution is 0.292. The first-order chi connectivity index (χ1) is 7.66. The molecule has 0 unspecified atom stereocenters. The molecule has 84 valence electrons. The Morgan fingerprint density at radius 2 is 2.31 bits per heavy atom. The highest BCUT2D eigenvalue weighted by Crippen LogP contribution is 2.22. The second-order valence-corrected chi connectivity index (χ2v) is 4.49. The molecular formula is C11H11FN2OS. The number of rotatable bonds is 3. The smallest absolute Gasteiger partial charge is 0.180 e. The molecule has 0 amide bonds. The van der Waals surface area contributed by atoms with E-state index in [1.165, 1.54) is 11.3 Å². The van der Waals surface area contributed by atoms with E-state index < -0.39 is 0 Å². The summed E-state index contributed by atoms with van der Waals surface area (Å²) in [5, 5.41) is 0.489. The molecule has 0 spiro atoms. The van der Waals surface area contributed by atoms with Crippen LogP contribution in [0.25, 0.3) is 0 Å². The molecule has 1 aromatic carbocycles. The van der Waals surface area contributed by atoms with Crippen LogP contribution in [-0.2, 0) is 6.61 Å². The van der Waals surface area contributed by atoms with E-state index in [2.05, 4.69) is 4.98 Å². The molecule has 0 aliphatic carbocycles. The number of aromatic nitrogens is 1. The van der Waals surface area contributed by atoms with Gasteiger partial charge >= 0.3 is 0 Å². The van der Waals surface area contributed by atoms with Gasteiger partial charge in [-0.15, -0.1) is 0 Å². The molecule has 0 atom stereocenters. The molecule has 3 nitrogen and oxygen atoms in total. The maximum Gasteiger partial charge on any atom is 0.180 e. The summed E-state index contributed by atoms with van der Waals surface area (Å²) in [6.07, 6.45) is 1.63. The topological polar surface area (TPSA) is 48.1 Å². The number of halogens is 1. The fraction of sp³-hybridized carbons (Fsp3) is 0.182.